The summed E-state index contributed by atoms with van der Waals surface area (Å²) in [6.07, 6.45) is 6.27. The van der Waals surface area contributed by atoms with Gasteiger partial charge < -0.3 is 14.8 Å². The maximum Gasteiger partial charge on any atom is 0.222 e. The Balaban J connectivity index is -0.00000128. The zero-order valence-electron chi connectivity index (χ0n) is 15.6. The summed E-state index contributed by atoms with van der Waals surface area (Å²) in [4.78, 5) is 11.5. The Hall–Kier alpha value is -0.610. The van der Waals surface area contributed by atoms with Crippen LogP contribution in [-0.4, -0.2) is 38.9 Å². The van der Waals surface area contributed by atoms with Crippen molar-refractivity contribution >= 4 is 5.91 Å². The van der Waals surface area contributed by atoms with Gasteiger partial charge in [-0.15, -0.1) is 0 Å². The lowest BCUT2D eigenvalue weighted by Gasteiger charge is -2.08. The van der Waals surface area contributed by atoms with E-state index in [-0.39, 0.29) is 7.33 Å². The highest BCUT2D eigenvalue weighted by Crippen LogP contribution is 1.99. The van der Waals surface area contributed by atoms with Gasteiger partial charge in [0.2, 0.25) is 5.91 Å². The van der Waals surface area contributed by atoms with Gasteiger partial charge in [-0.3, -0.25) is 4.79 Å². The number of nitrogens with one attached hydrogen (secondary N) is 1. The zero-order chi connectivity index (χ0) is 17.1. The number of rotatable bonds is 14. The fraction of sp³-hybridized carbons (Fsp3) is 0.944. The van der Waals surface area contributed by atoms with Crippen molar-refractivity contribution in [3.63, 3.8) is 0 Å². The number of hydrogen-bond donors (Lipinski definition) is 1. The Bertz CT molecular complexity index is 226. The Morgan fingerprint density at radius 3 is 2.23 bits per heavy atom. The van der Waals surface area contributed by atoms with E-state index in [1.165, 1.54) is 19.3 Å². The van der Waals surface area contributed by atoms with Gasteiger partial charge in [-0.2, -0.15) is 0 Å². The summed E-state index contributed by atoms with van der Waals surface area (Å²) in [6.45, 7) is 13.8. The van der Waals surface area contributed by atoms with Gasteiger partial charge >= 0.3 is 0 Å². The molecule has 1 N–H and O–H groups in total. The number of amides is 1. The molecule has 0 rings (SSSR count). The zero-order valence-corrected chi connectivity index (χ0v) is 15.6. The van der Waals surface area contributed by atoms with Crippen molar-refractivity contribution in [2.75, 3.05) is 33.0 Å². The summed E-state index contributed by atoms with van der Waals surface area (Å²) in [5, 5.41) is 2.92. The molecule has 1 amide bonds. The second-order valence-electron chi connectivity index (χ2n) is 5.57. The van der Waals surface area contributed by atoms with Gasteiger partial charge in [0.25, 0.3) is 0 Å². The average Bonchev–Trinajstić information content (AvgIpc) is 2.51. The molecular weight excluding hydrogens is 278 g/mol. The van der Waals surface area contributed by atoms with Crippen molar-refractivity contribution in [3.05, 3.63) is 0 Å². The first-order valence-corrected chi connectivity index (χ1v) is 9.09. The number of hydrogen-bond acceptors (Lipinski definition) is 3. The van der Waals surface area contributed by atoms with Crippen LogP contribution in [0.15, 0.2) is 0 Å². The molecule has 0 radical (unpaired) electrons. The Labute approximate surface area is 139 Å². The Morgan fingerprint density at radius 1 is 1.00 bits per heavy atom. The van der Waals surface area contributed by atoms with Gasteiger partial charge in [0, 0.05) is 21.0 Å². The van der Waals surface area contributed by atoms with Crippen LogP contribution in [0.2, 0.25) is 0 Å². The Kier molecular flexibility index (Phi) is 21.9. The molecule has 0 fully saturated rings. The molecule has 0 spiro atoms. The molecule has 0 saturated heterocycles. The van der Waals surface area contributed by atoms with E-state index in [0.29, 0.717) is 32.2 Å². The van der Waals surface area contributed by atoms with Crippen LogP contribution in [-0.2, 0) is 14.3 Å². The molecule has 22 heavy (non-hydrogen) atoms. The van der Waals surface area contributed by atoms with Gasteiger partial charge in [-0.1, -0.05) is 53.9 Å². The maximum absolute atomic E-state index is 11.5. The van der Waals surface area contributed by atoms with E-state index in [4.69, 9.17) is 9.47 Å². The topological polar surface area (TPSA) is 47.6 Å². The van der Waals surface area contributed by atoms with Gasteiger partial charge in [0.1, 0.15) is 0 Å². The molecule has 4 nitrogen and oxygen atoms in total. The van der Waals surface area contributed by atoms with E-state index in [1.807, 2.05) is 13.8 Å². The first kappa shape index (κ1) is 23.7. The van der Waals surface area contributed by atoms with Crippen LogP contribution in [0.5, 0.6) is 0 Å². The van der Waals surface area contributed by atoms with E-state index in [1.54, 1.807) is 0 Å². The van der Waals surface area contributed by atoms with Gasteiger partial charge in [-0.25, -0.2) is 0 Å². The lowest BCUT2D eigenvalue weighted by Crippen LogP contribution is -2.25. The van der Waals surface area contributed by atoms with Crippen molar-refractivity contribution in [1.82, 2.24) is 5.32 Å². The monoisotopic (exact) mass is 319 g/mol. The van der Waals surface area contributed by atoms with Gasteiger partial charge in [-0.05, 0) is 18.8 Å². The molecule has 0 atom stereocenters. The van der Waals surface area contributed by atoms with Crippen LogP contribution in [0.1, 0.15) is 74.6 Å². The van der Waals surface area contributed by atoms with E-state index >= 15 is 0 Å². The largest absolute Gasteiger partial charge is 0.379 e. The molecule has 0 heterocycles. The van der Waals surface area contributed by atoms with Gasteiger partial charge in [0.05, 0.1) is 19.8 Å². The summed E-state index contributed by atoms with van der Waals surface area (Å²) in [5.41, 5.74) is 0. The summed E-state index contributed by atoms with van der Waals surface area (Å²) in [7, 11) is 0. The third-order valence-corrected chi connectivity index (χ3v) is 3.04. The smallest absolute Gasteiger partial charge is 0.222 e. The fourth-order valence-corrected chi connectivity index (χ4v) is 1.67. The molecule has 0 aliphatic rings. The van der Waals surface area contributed by atoms with Crippen molar-refractivity contribution in [2.24, 2.45) is 5.92 Å². The van der Waals surface area contributed by atoms with E-state index in [9.17, 15) is 4.79 Å². The highest BCUT2D eigenvalue weighted by Gasteiger charge is 2.00. The number of carbonyl (C=O) groups excluding carboxylic acids is 1. The molecule has 0 aliphatic heterocycles. The predicted molar refractivity (Wildman–Crippen MR) is 96.3 cm³/mol. The van der Waals surface area contributed by atoms with Crippen LogP contribution < -0.4 is 5.32 Å². The first-order valence-electron chi connectivity index (χ1n) is 9.09. The third-order valence-electron chi connectivity index (χ3n) is 3.04. The highest BCUT2D eigenvalue weighted by molar-refractivity contribution is 5.75. The van der Waals surface area contributed by atoms with Crippen molar-refractivity contribution < 1.29 is 15.7 Å². The van der Waals surface area contributed by atoms with E-state index in [2.05, 4.69) is 26.1 Å². The SMILES string of the molecule is CC.CCCCCCNC(=O)CCOCCOCCC(C)C.[HH]. The van der Waals surface area contributed by atoms with Crippen molar-refractivity contribution in [3.8, 4) is 0 Å². The molecular formula is C18H41NO3. The van der Waals surface area contributed by atoms with E-state index in [0.717, 1.165) is 26.0 Å². The number of unbranched alkanes of at least 4 members (excludes halogenated alkanes) is 3. The van der Waals surface area contributed by atoms with Crippen molar-refractivity contribution in [2.45, 2.75) is 73.1 Å². The molecule has 0 aliphatic carbocycles. The second-order valence-corrected chi connectivity index (χ2v) is 5.57. The van der Waals surface area contributed by atoms with Crippen LogP contribution in [0, 0.1) is 5.92 Å². The molecule has 0 aromatic rings. The lowest BCUT2D eigenvalue weighted by atomic mass is 10.1. The quantitative estimate of drug-likeness (QED) is 0.482. The fourth-order valence-electron chi connectivity index (χ4n) is 1.67. The van der Waals surface area contributed by atoms with Crippen LogP contribution >= 0.6 is 0 Å². The normalized spacial score (nSPS) is 10.3. The minimum Gasteiger partial charge on any atom is -0.379 e. The molecule has 0 unspecified atom stereocenters. The molecule has 0 aromatic heterocycles. The van der Waals surface area contributed by atoms with Crippen LogP contribution in [0.4, 0.5) is 0 Å². The first-order chi connectivity index (χ1) is 10.7. The van der Waals surface area contributed by atoms with Gasteiger partial charge in [0.15, 0.2) is 0 Å². The maximum atomic E-state index is 11.5. The number of carbonyl (C=O) groups is 1. The van der Waals surface area contributed by atoms with E-state index < -0.39 is 0 Å². The number of ether oxygens (including phenoxy) is 2. The summed E-state index contributed by atoms with van der Waals surface area (Å²) in [6, 6.07) is 0. The third kappa shape index (κ3) is 21.7. The lowest BCUT2D eigenvalue weighted by molar-refractivity contribution is -0.122. The summed E-state index contributed by atoms with van der Waals surface area (Å²) in [5.74, 6) is 0.763. The highest BCUT2D eigenvalue weighted by atomic mass is 16.5. The minimum atomic E-state index is 0. The second kappa shape index (κ2) is 20.4. The molecule has 4 heteroatoms. The predicted octanol–water partition coefficient (Wildman–Crippen LogP) is 4.42. The average molecular weight is 320 g/mol. The standard InChI is InChI=1S/C16H33NO3.C2H6.H2/c1-4-5-6-7-10-17-16(18)9-12-20-14-13-19-11-8-15(2)3;1-2;/h15H,4-14H2,1-3H3,(H,17,18);1-2H3;1H. The molecule has 136 valence electrons. The summed E-state index contributed by atoms with van der Waals surface area (Å²) < 4.78 is 10.8. The minimum absolute atomic E-state index is 0. The molecule has 0 saturated carbocycles. The molecule has 0 bridgehead atoms. The Morgan fingerprint density at radius 2 is 1.64 bits per heavy atom. The summed E-state index contributed by atoms with van der Waals surface area (Å²) >= 11 is 0. The van der Waals surface area contributed by atoms with Crippen LogP contribution in [0.25, 0.3) is 0 Å². The van der Waals surface area contributed by atoms with Crippen molar-refractivity contribution in [1.29, 1.82) is 0 Å². The molecule has 0 aromatic carbocycles. The van der Waals surface area contributed by atoms with Crippen LogP contribution in [0.3, 0.4) is 0 Å².